The highest BCUT2D eigenvalue weighted by Crippen LogP contribution is 2.29. The highest BCUT2D eigenvalue weighted by Gasteiger charge is 2.12. The topological polar surface area (TPSA) is 20.2 Å². The van der Waals surface area contributed by atoms with Crippen molar-refractivity contribution in [3.05, 3.63) is 11.0 Å². The second-order valence-corrected chi connectivity index (χ2v) is 4.32. The zero-order valence-corrected chi connectivity index (χ0v) is 7.86. The SMILES string of the molecule is CCSC1=CC[C@@H](CO)CC1. The van der Waals surface area contributed by atoms with E-state index in [1.165, 1.54) is 23.5 Å². The van der Waals surface area contributed by atoms with E-state index in [1.807, 2.05) is 11.8 Å². The van der Waals surface area contributed by atoms with Gasteiger partial charge in [0.25, 0.3) is 0 Å². The molecule has 0 radical (unpaired) electrons. The minimum absolute atomic E-state index is 0.362. The summed E-state index contributed by atoms with van der Waals surface area (Å²) in [6.45, 7) is 2.55. The number of allylic oxidation sites excluding steroid dienone is 2. The quantitative estimate of drug-likeness (QED) is 0.705. The van der Waals surface area contributed by atoms with Crippen molar-refractivity contribution in [1.82, 2.24) is 0 Å². The first-order valence-corrected chi connectivity index (χ1v) is 5.28. The van der Waals surface area contributed by atoms with Gasteiger partial charge < -0.3 is 5.11 Å². The van der Waals surface area contributed by atoms with Gasteiger partial charge in [-0.3, -0.25) is 0 Å². The van der Waals surface area contributed by atoms with Crippen molar-refractivity contribution in [2.24, 2.45) is 5.92 Å². The van der Waals surface area contributed by atoms with E-state index >= 15 is 0 Å². The highest BCUT2D eigenvalue weighted by atomic mass is 32.2. The fourth-order valence-electron chi connectivity index (χ4n) is 1.35. The van der Waals surface area contributed by atoms with Crippen LogP contribution in [-0.2, 0) is 0 Å². The minimum atomic E-state index is 0.362. The molecule has 0 aromatic rings. The molecule has 0 spiro atoms. The van der Waals surface area contributed by atoms with E-state index in [9.17, 15) is 0 Å². The fourth-order valence-corrected chi connectivity index (χ4v) is 2.19. The minimum Gasteiger partial charge on any atom is -0.396 e. The Labute approximate surface area is 72.9 Å². The van der Waals surface area contributed by atoms with Gasteiger partial charge in [-0.2, -0.15) is 0 Å². The number of hydrogen-bond donors (Lipinski definition) is 1. The Kier molecular flexibility index (Phi) is 4.02. The van der Waals surface area contributed by atoms with Gasteiger partial charge in [0, 0.05) is 6.61 Å². The van der Waals surface area contributed by atoms with Gasteiger partial charge in [0.1, 0.15) is 0 Å². The van der Waals surface area contributed by atoms with Crippen LogP contribution in [0, 0.1) is 5.92 Å². The molecule has 1 aliphatic carbocycles. The first-order chi connectivity index (χ1) is 5.36. The molecule has 0 bridgehead atoms. The molecule has 1 N–H and O–H groups in total. The Hall–Kier alpha value is 0.0500. The van der Waals surface area contributed by atoms with Gasteiger partial charge in [0.15, 0.2) is 0 Å². The Morgan fingerprint density at radius 1 is 1.73 bits per heavy atom. The molecule has 0 unspecified atom stereocenters. The number of rotatable bonds is 3. The normalized spacial score (nSPS) is 24.9. The standard InChI is InChI=1S/C9H16OS/c1-2-11-9-5-3-8(7-10)4-6-9/h5,8,10H,2-4,6-7H2,1H3/t8-/m1/s1. The van der Waals surface area contributed by atoms with Crippen LogP contribution in [0.25, 0.3) is 0 Å². The number of hydrogen-bond acceptors (Lipinski definition) is 2. The van der Waals surface area contributed by atoms with Crippen LogP contribution in [-0.4, -0.2) is 17.5 Å². The molecule has 0 fully saturated rings. The summed E-state index contributed by atoms with van der Waals surface area (Å²) in [6.07, 6.45) is 5.73. The average molecular weight is 172 g/mol. The second kappa shape index (κ2) is 4.83. The predicted molar refractivity (Wildman–Crippen MR) is 50.6 cm³/mol. The van der Waals surface area contributed by atoms with Gasteiger partial charge in [0.05, 0.1) is 0 Å². The average Bonchev–Trinajstić information content (AvgIpc) is 2.07. The number of thioether (sulfide) groups is 1. The van der Waals surface area contributed by atoms with Crippen LogP contribution in [0.4, 0.5) is 0 Å². The van der Waals surface area contributed by atoms with Crippen molar-refractivity contribution in [2.45, 2.75) is 26.2 Å². The highest BCUT2D eigenvalue weighted by molar-refractivity contribution is 8.03. The molecule has 1 rings (SSSR count). The van der Waals surface area contributed by atoms with E-state index in [2.05, 4.69) is 13.0 Å². The maximum Gasteiger partial charge on any atom is 0.0462 e. The molecule has 1 nitrogen and oxygen atoms in total. The molecule has 11 heavy (non-hydrogen) atoms. The van der Waals surface area contributed by atoms with E-state index in [1.54, 1.807) is 0 Å². The third-order valence-electron chi connectivity index (χ3n) is 2.07. The van der Waals surface area contributed by atoms with Gasteiger partial charge in [-0.1, -0.05) is 13.0 Å². The third kappa shape index (κ3) is 2.88. The molecule has 0 aromatic carbocycles. The first-order valence-electron chi connectivity index (χ1n) is 4.29. The Morgan fingerprint density at radius 3 is 3.00 bits per heavy atom. The molecular weight excluding hydrogens is 156 g/mol. The van der Waals surface area contributed by atoms with E-state index in [0.29, 0.717) is 12.5 Å². The summed E-state index contributed by atoms with van der Waals surface area (Å²) in [5.41, 5.74) is 0. The van der Waals surface area contributed by atoms with Crippen molar-refractivity contribution in [1.29, 1.82) is 0 Å². The molecule has 1 atom stereocenters. The van der Waals surface area contributed by atoms with E-state index in [-0.39, 0.29) is 0 Å². The Balaban J connectivity index is 2.31. The monoisotopic (exact) mass is 172 g/mol. The van der Waals surface area contributed by atoms with Gasteiger partial charge in [-0.25, -0.2) is 0 Å². The van der Waals surface area contributed by atoms with Crippen LogP contribution < -0.4 is 0 Å². The summed E-state index contributed by atoms with van der Waals surface area (Å²) in [7, 11) is 0. The van der Waals surface area contributed by atoms with Crippen LogP contribution in [0.2, 0.25) is 0 Å². The molecule has 0 saturated heterocycles. The molecular formula is C9H16OS. The van der Waals surface area contributed by atoms with Gasteiger partial charge >= 0.3 is 0 Å². The zero-order chi connectivity index (χ0) is 8.10. The number of aliphatic hydroxyl groups is 1. The molecule has 0 saturated carbocycles. The lowest BCUT2D eigenvalue weighted by Gasteiger charge is -2.18. The lowest BCUT2D eigenvalue weighted by molar-refractivity contribution is 0.217. The van der Waals surface area contributed by atoms with Gasteiger partial charge in [-0.05, 0) is 35.8 Å². The number of aliphatic hydroxyl groups excluding tert-OH is 1. The van der Waals surface area contributed by atoms with Crippen LogP contribution >= 0.6 is 11.8 Å². The lowest BCUT2D eigenvalue weighted by atomic mass is 9.95. The van der Waals surface area contributed by atoms with E-state index < -0.39 is 0 Å². The molecule has 0 heterocycles. The summed E-state index contributed by atoms with van der Waals surface area (Å²) < 4.78 is 0. The van der Waals surface area contributed by atoms with Gasteiger partial charge in [-0.15, -0.1) is 11.8 Å². The Bertz CT molecular complexity index is 142. The summed E-state index contributed by atoms with van der Waals surface area (Å²) in [5.74, 6) is 1.71. The third-order valence-corrected chi connectivity index (χ3v) is 3.10. The van der Waals surface area contributed by atoms with Crippen molar-refractivity contribution in [3.8, 4) is 0 Å². The van der Waals surface area contributed by atoms with Crippen molar-refractivity contribution in [2.75, 3.05) is 12.4 Å². The molecule has 0 aromatic heterocycles. The Morgan fingerprint density at radius 2 is 2.55 bits per heavy atom. The lowest BCUT2D eigenvalue weighted by Crippen LogP contribution is -2.08. The first kappa shape index (κ1) is 9.14. The van der Waals surface area contributed by atoms with Crippen LogP contribution in [0.5, 0.6) is 0 Å². The zero-order valence-electron chi connectivity index (χ0n) is 7.05. The van der Waals surface area contributed by atoms with Gasteiger partial charge in [0.2, 0.25) is 0 Å². The fraction of sp³-hybridized carbons (Fsp3) is 0.778. The molecule has 0 amide bonds. The van der Waals surface area contributed by atoms with E-state index in [4.69, 9.17) is 5.11 Å². The van der Waals surface area contributed by atoms with Crippen LogP contribution in [0.3, 0.4) is 0 Å². The summed E-state index contributed by atoms with van der Waals surface area (Å²) in [6, 6.07) is 0. The van der Waals surface area contributed by atoms with Crippen molar-refractivity contribution in [3.63, 3.8) is 0 Å². The van der Waals surface area contributed by atoms with Crippen molar-refractivity contribution >= 4 is 11.8 Å². The molecule has 2 heteroatoms. The second-order valence-electron chi connectivity index (χ2n) is 2.93. The molecule has 64 valence electrons. The predicted octanol–water partition coefficient (Wildman–Crippen LogP) is 2.42. The summed E-state index contributed by atoms with van der Waals surface area (Å²) in [5, 5.41) is 8.87. The maximum absolute atomic E-state index is 8.87. The van der Waals surface area contributed by atoms with E-state index in [0.717, 1.165) is 6.42 Å². The maximum atomic E-state index is 8.87. The van der Waals surface area contributed by atoms with Crippen LogP contribution in [0.1, 0.15) is 26.2 Å². The molecule has 1 aliphatic rings. The van der Waals surface area contributed by atoms with Crippen LogP contribution in [0.15, 0.2) is 11.0 Å². The molecule has 0 aliphatic heterocycles. The largest absolute Gasteiger partial charge is 0.396 e. The summed E-state index contributed by atoms with van der Waals surface area (Å²) in [4.78, 5) is 1.53. The van der Waals surface area contributed by atoms with Crippen molar-refractivity contribution < 1.29 is 5.11 Å². The summed E-state index contributed by atoms with van der Waals surface area (Å²) >= 11 is 1.94. The smallest absolute Gasteiger partial charge is 0.0462 e.